The molecule has 0 radical (unpaired) electrons. The summed E-state index contributed by atoms with van der Waals surface area (Å²) in [6.07, 6.45) is 0.855. The lowest BCUT2D eigenvalue weighted by atomic mass is 9.92. The Balaban J connectivity index is 2.47. The van der Waals surface area contributed by atoms with Gasteiger partial charge in [0.25, 0.3) is 5.56 Å². The van der Waals surface area contributed by atoms with Crippen molar-refractivity contribution in [3.05, 3.63) is 21.6 Å². The van der Waals surface area contributed by atoms with Crippen LogP contribution >= 0.6 is 0 Å². The van der Waals surface area contributed by atoms with Crippen LogP contribution in [0.25, 0.3) is 0 Å². The summed E-state index contributed by atoms with van der Waals surface area (Å²) in [6, 6.07) is 0.345. The molecule has 1 aromatic heterocycles. The third-order valence-corrected chi connectivity index (χ3v) is 3.03. The van der Waals surface area contributed by atoms with Gasteiger partial charge in [-0.2, -0.15) is 0 Å². The van der Waals surface area contributed by atoms with Crippen LogP contribution in [-0.2, 0) is 6.42 Å². The lowest BCUT2D eigenvalue weighted by molar-refractivity contribution is 0.177. The van der Waals surface area contributed by atoms with E-state index in [-0.39, 0.29) is 5.56 Å². The Kier molecular flexibility index (Phi) is 2.23. The summed E-state index contributed by atoms with van der Waals surface area (Å²) in [7, 11) is 2.11. The molecule has 2 N–H and O–H groups in total. The van der Waals surface area contributed by atoms with E-state index in [1.807, 2.05) is 0 Å². The summed E-state index contributed by atoms with van der Waals surface area (Å²) in [6.45, 7) is 5.33. The fourth-order valence-corrected chi connectivity index (χ4v) is 2.39. The number of fused-ring (bicyclic) bond motifs is 1. The first-order chi connectivity index (χ1) is 6.61. The van der Waals surface area contributed by atoms with Crippen molar-refractivity contribution in [3.63, 3.8) is 0 Å². The fraction of sp³-hybridized carbons (Fsp3) is 0.700. The molecule has 0 saturated carbocycles. The van der Waals surface area contributed by atoms with Crippen LogP contribution in [0.4, 0.5) is 0 Å². The highest BCUT2D eigenvalue weighted by Crippen LogP contribution is 2.30. The lowest BCUT2D eigenvalue weighted by Gasteiger charge is -2.34. The highest BCUT2D eigenvalue weighted by Gasteiger charge is 2.30. The summed E-state index contributed by atoms with van der Waals surface area (Å²) in [5, 5.41) is 5.69. The van der Waals surface area contributed by atoms with Gasteiger partial charge in [0.15, 0.2) is 0 Å². The Labute approximate surface area is 83.3 Å². The Morgan fingerprint density at radius 1 is 1.43 bits per heavy atom. The molecule has 0 saturated heterocycles. The van der Waals surface area contributed by atoms with E-state index in [2.05, 4.69) is 36.0 Å². The van der Waals surface area contributed by atoms with Crippen molar-refractivity contribution in [1.82, 2.24) is 15.1 Å². The Morgan fingerprint density at radius 3 is 2.79 bits per heavy atom. The van der Waals surface area contributed by atoms with E-state index < -0.39 is 0 Å². The molecule has 1 aliphatic heterocycles. The number of nitrogens with zero attached hydrogens (tertiary/aromatic N) is 1. The second-order valence-electron chi connectivity index (χ2n) is 4.39. The van der Waals surface area contributed by atoms with Gasteiger partial charge < -0.3 is 5.10 Å². The van der Waals surface area contributed by atoms with Crippen LogP contribution in [0, 0.1) is 5.92 Å². The van der Waals surface area contributed by atoms with Crippen molar-refractivity contribution in [2.24, 2.45) is 5.92 Å². The smallest absolute Gasteiger partial charge is 0.267 e. The van der Waals surface area contributed by atoms with E-state index in [0.29, 0.717) is 12.0 Å². The van der Waals surface area contributed by atoms with E-state index in [4.69, 9.17) is 0 Å². The molecule has 4 heteroatoms. The van der Waals surface area contributed by atoms with Crippen LogP contribution in [0.3, 0.4) is 0 Å². The average molecular weight is 195 g/mol. The zero-order valence-corrected chi connectivity index (χ0v) is 8.92. The molecule has 0 fully saturated rings. The van der Waals surface area contributed by atoms with Gasteiger partial charge in [-0.1, -0.05) is 13.8 Å². The second kappa shape index (κ2) is 3.28. The van der Waals surface area contributed by atoms with Gasteiger partial charge in [0.2, 0.25) is 0 Å². The summed E-state index contributed by atoms with van der Waals surface area (Å²) in [5.41, 5.74) is 2.08. The normalized spacial score (nSPS) is 22.7. The highest BCUT2D eigenvalue weighted by molar-refractivity contribution is 5.23. The van der Waals surface area contributed by atoms with Gasteiger partial charge in [0.1, 0.15) is 0 Å². The van der Waals surface area contributed by atoms with Gasteiger partial charge >= 0.3 is 0 Å². The second-order valence-corrected chi connectivity index (χ2v) is 4.39. The minimum absolute atomic E-state index is 0.0544. The molecule has 2 rings (SSSR count). The summed E-state index contributed by atoms with van der Waals surface area (Å²) >= 11 is 0. The van der Waals surface area contributed by atoms with E-state index in [1.165, 1.54) is 0 Å². The lowest BCUT2D eigenvalue weighted by Crippen LogP contribution is -2.36. The number of likely N-dealkylation sites (N-methyl/N-ethyl adjacent to an activating group) is 1. The van der Waals surface area contributed by atoms with Crippen LogP contribution in [-0.4, -0.2) is 28.7 Å². The third kappa shape index (κ3) is 1.30. The van der Waals surface area contributed by atoms with Gasteiger partial charge in [-0.15, -0.1) is 0 Å². The monoisotopic (exact) mass is 195 g/mol. The topological polar surface area (TPSA) is 51.9 Å². The van der Waals surface area contributed by atoms with Crippen molar-refractivity contribution in [1.29, 1.82) is 0 Å². The SMILES string of the molecule is CC(C)C1c2[nH][nH]c(=O)c2CCN1C. The van der Waals surface area contributed by atoms with Crippen LogP contribution in [0.2, 0.25) is 0 Å². The van der Waals surface area contributed by atoms with Gasteiger partial charge in [0, 0.05) is 12.1 Å². The summed E-state index contributed by atoms with van der Waals surface area (Å²) in [4.78, 5) is 13.7. The van der Waals surface area contributed by atoms with Crippen LogP contribution in [0.5, 0.6) is 0 Å². The number of rotatable bonds is 1. The number of H-pyrrole nitrogens is 2. The van der Waals surface area contributed by atoms with Crippen molar-refractivity contribution in [2.75, 3.05) is 13.6 Å². The van der Waals surface area contributed by atoms with Gasteiger partial charge in [-0.05, 0) is 19.4 Å². The third-order valence-electron chi connectivity index (χ3n) is 3.03. The van der Waals surface area contributed by atoms with Crippen LogP contribution in [0.15, 0.2) is 4.79 Å². The molecular formula is C10H17N3O. The quantitative estimate of drug-likeness (QED) is 0.699. The fourth-order valence-electron chi connectivity index (χ4n) is 2.39. The largest absolute Gasteiger partial charge is 0.300 e. The van der Waals surface area contributed by atoms with Crippen molar-refractivity contribution in [2.45, 2.75) is 26.3 Å². The van der Waals surface area contributed by atoms with E-state index >= 15 is 0 Å². The molecule has 4 nitrogen and oxygen atoms in total. The first-order valence-electron chi connectivity index (χ1n) is 5.11. The Bertz CT molecular complexity index is 377. The molecule has 1 atom stereocenters. The van der Waals surface area contributed by atoms with Crippen molar-refractivity contribution >= 4 is 0 Å². The van der Waals surface area contributed by atoms with Gasteiger partial charge in [-0.25, -0.2) is 0 Å². The Morgan fingerprint density at radius 2 is 2.14 bits per heavy atom. The number of nitrogens with one attached hydrogen (secondary N) is 2. The maximum atomic E-state index is 11.4. The van der Waals surface area contributed by atoms with Crippen LogP contribution < -0.4 is 5.56 Å². The molecule has 78 valence electrons. The molecule has 0 amide bonds. The molecule has 0 aromatic carbocycles. The predicted octanol–water partition coefficient (Wildman–Crippen LogP) is 0.888. The standard InChI is InChI=1S/C10H17N3O/c1-6(2)9-8-7(4-5-13(9)3)10(14)12-11-8/h6,9H,4-5H2,1-3H3,(H2,11,12,14). The average Bonchev–Trinajstić information content (AvgIpc) is 2.47. The predicted molar refractivity (Wildman–Crippen MR) is 55.3 cm³/mol. The van der Waals surface area contributed by atoms with Crippen LogP contribution in [0.1, 0.15) is 31.1 Å². The first-order valence-corrected chi connectivity index (χ1v) is 5.11. The summed E-state index contributed by atoms with van der Waals surface area (Å²) < 4.78 is 0. The summed E-state index contributed by atoms with van der Waals surface area (Å²) in [5.74, 6) is 0.519. The molecule has 0 aliphatic carbocycles. The maximum Gasteiger partial charge on any atom is 0.267 e. The van der Waals surface area contributed by atoms with E-state index in [0.717, 1.165) is 24.2 Å². The maximum absolute atomic E-state index is 11.4. The van der Waals surface area contributed by atoms with Gasteiger partial charge in [0.05, 0.1) is 11.7 Å². The highest BCUT2D eigenvalue weighted by atomic mass is 16.1. The molecule has 1 unspecified atom stereocenters. The zero-order chi connectivity index (χ0) is 10.3. The number of hydrogen-bond acceptors (Lipinski definition) is 2. The minimum atomic E-state index is 0.0544. The number of aromatic amines is 2. The van der Waals surface area contributed by atoms with E-state index in [1.54, 1.807) is 0 Å². The molecule has 0 bridgehead atoms. The Hall–Kier alpha value is -1.03. The first kappa shape index (κ1) is 9.52. The minimum Gasteiger partial charge on any atom is -0.300 e. The molecule has 1 aliphatic rings. The van der Waals surface area contributed by atoms with E-state index in [9.17, 15) is 4.79 Å². The number of hydrogen-bond donors (Lipinski definition) is 2. The van der Waals surface area contributed by atoms with Gasteiger partial charge in [-0.3, -0.25) is 14.8 Å². The molecular weight excluding hydrogens is 178 g/mol. The molecule has 2 heterocycles. The molecule has 1 aromatic rings. The molecule has 0 spiro atoms. The zero-order valence-electron chi connectivity index (χ0n) is 8.92. The van der Waals surface area contributed by atoms with Crippen molar-refractivity contribution in [3.8, 4) is 0 Å². The number of aromatic nitrogens is 2. The molecule has 14 heavy (non-hydrogen) atoms. The van der Waals surface area contributed by atoms with Crippen molar-refractivity contribution < 1.29 is 0 Å².